The molecule has 408 valence electrons. The highest BCUT2D eigenvalue weighted by Crippen LogP contribution is 2.33. The van der Waals surface area contributed by atoms with E-state index in [1.807, 2.05) is 0 Å². The van der Waals surface area contributed by atoms with Crippen molar-refractivity contribution in [2.45, 2.75) is 157 Å². The zero-order valence-corrected chi connectivity index (χ0v) is 52.4. The molecule has 0 amide bonds. The normalized spacial score (nSPS) is 11.8. The van der Waals surface area contributed by atoms with Crippen LogP contribution >= 0.6 is 0 Å². The van der Waals surface area contributed by atoms with Gasteiger partial charge < -0.3 is 0 Å². The molecule has 0 bridgehead atoms. The Balaban J connectivity index is 1.55. The minimum absolute atomic E-state index is 0.136. The maximum Gasteiger partial charge on any atom is 0.0588 e. The zero-order valence-electron chi connectivity index (χ0n) is 52.4. The van der Waals surface area contributed by atoms with Crippen LogP contribution in [0.5, 0.6) is 0 Å². The molecular weight excluding hydrogens is 1010 g/mol. The highest BCUT2D eigenvalue weighted by atomic mass is 14.2. The van der Waals surface area contributed by atoms with Crippen molar-refractivity contribution in [1.82, 2.24) is 0 Å². The van der Waals surface area contributed by atoms with Crippen molar-refractivity contribution < 1.29 is 0 Å². The van der Waals surface area contributed by atoms with Gasteiger partial charge in [-0.1, -0.05) is 270 Å². The van der Waals surface area contributed by atoms with E-state index in [0.717, 1.165) is 98.0 Å². The van der Waals surface area contributed by atoms with Gasteiger partial charge in [0.25, 0.3) is 0 Å². The van der Waals surface area contributed by atoms with Crippen LogP contribution < -0.4 is 0 Å². The number of benzene rings is 7. The summed E-state index contributed by atoms with van der Waals surface area (Å²) in [6.07, 6.45) is 0. The van der Waals surface area contributed by atoms with Gasteiger partial charge in [0.15, 0.2) is 0 Å². The summed E-state index contributed by atoms with van der Waals surface area (Å²) in [7, 11) is 0. The lowest BCUT2D eigenvalue weighted by Crippen LogP contribution is -2.10. The molecule has 0 atom stereocenters. The van der Waals surface area contributed by atoms with Crippen LogP contribution in [0.3, 0.4) is 0 Å². The van der Waals surface area contributed by atoms with Gasteiger partial charge in [0, 0.05) is 64.6 Å². The molecule has 10 rings (SSSR count). The molecule has 84 heavy (non-hydrogen) atoms. The molecule has 0 heterocycles. The van der Waals surface area contributed by atoms with Crippen molar-refractivity contribution in [2.75, 3.05) is 0 Å². The standard InChI is InChI=1S/C84H72/c1-79(2,3)67-37-25-55-31-43-73-74(44-32-56-26-38-68(80(4,5)6)50-62(56)20-19-61(55)49-67)76-46-34-58-28-40-70(82(10,11)12)53-65(58)23-24-66-54-72(84(16,17)18)42-30-60(66)36-48-78(76)77-47-35-59-29-41-71(83(13,14)15)52-64(59)22-21-63-51-69(81(7,8)9)39-27-57(63)33-45-75(73)77/h25-30,37-42,49-54H,1-18H3. The van der Waals surface area contributed by atoms with E-state index in [9.17, 15) is 0 Å². The number of hydrogen-bond acceptors (Lipinski definition) is 0. The first-order valence-corrected chi connectivity index (χ1v) is 29.2. The minimum atomic E-state index is -0.136. The van der Waals surface area contributed by atoms with Crippen LogP contribution in [0.1, 0.15) is 158 Å². The van der Waals surface area contributed by atoms with Gasteiger partial charge in [0.2, 0.25) is 0 Å². The third-order valence-corrected chi connectivity index (χ3v) is 15.7. The summed E-state index contributed by atoms with van der Waals surface area (Å²) < 4.78 is 0. The Morgan fingerprint density at radius 1 is 0.155 bits per heavy atom. The van der Waals surface area contributed by atoms with Gasteiger partial charge in [-0.25, -0.2) is 0 Å². The molecular formula is C84H72. The second kappa shape index (κ2) is 21.4. The monoisotopic (exact) mass is 1080 g/mol. The van der Waals surface area contributed by atoms with Gasteiger partial charge in [0.1, 0.15) is 0 Å². The average Bonchev–Trinajstić information content (AvgIpc) is 1.16. The SMILES string of the molecule is CC(C)(C)c1ccc2c#cc3c4c#cc5ccc(C(C)(C)C)cc5c#cc5cc(C(C)(C)C)ccc5c#cc4c4c#cc5ccc(C(C)(C)C)cc5c#cc5cc(C(C)(C)C)ccc5c#cc4c3c#cc3ccc(C(C)(C)C)cc3c#cc2c1. The van der Waals surface area contributed by atoms with Crippen LogP contribution in [0.25, 0.3) is 97.0 Å². The molecule has 10 aromatic carbocycles. The number of rotatable bonds is 0. The minimum Gasteiger partial charge on any atom is -0.0603 e. The molecule has 0 aromatic heterocycles. The Morgan fingerprint density at radius 3 is 0.393 bits per heavy atom. The summed E-state index contributed by atoms with van der Waals surface area (Å²) in [6.45, 7) is 40.1. The van der Waals surface area contributed by atoms with Gasteiger partial charge in [0.05, 0.1) is 32.3 Å². The quantitative estimate of drug-likeness (QED) is 0.142. The molecule has 0 aliphatic heterocycles. The number of hydrogen-bond donors (Lipinski definition) is 0. The van der Waals surface area contributed by atoms with E-state index in [-0.39, 0.29) is 32.5 Å². The smallest absolute Gasteiger partial charge is 0.0588 e. The third kappa shape index (κ3) is 12.3. The second-order valence-electron chi connectivity index (χ2n) is 28.6. The molecule has 0 saturated carbocycles. The van der Waals surface area contributed by atoms with Crippen molar-refractivity contribution in [2.24, 2.45) is 0 Å². The highest BCUT2D eigenvalue weighted by molar-refractivity contribution is 6.22. The van der Waals surface area contributed by atoms with E-state index >= 15 is 0 Å². The molecule has 0 radical (unpaired) electrons. The Hall–Kier alpha value is -9.42. The van der Waals surface area contributed by atoms with Crippen LogP contribution in [-0.2, 0) is 32.5 Å². The van der Waals surface area contributed by atoms with E-state index in [1.165, 1.54) is 0 Å². The van der Waals surface area contributed by atoms with Gasteiger partial charge >= 0.3 is 0 Å². The van der Waals surface area contributed by atoms with E-state index in [2.05, 4.69) is 343 Å². The highest BCUT2D eigenvalue weighted by Gasteiger charge is 2.19. The maximum atomic E-state index is 3.74. The molecule has 0 heteroatoms. The third-order valence-electron chi connectivity index (χ3n) is 15.7. The van der Waals surface area contributed by atoms with Crippen LogP contribution in [0.2, 0.25) is 0 Å². The molecule has 0 fully saturated rings. The largest absolute Gasteiger partial charge is 0.0603 e. The fourth-order valence-electron chi connectivity index (χ4n) is 10.0. The Kier molecular flexibility index (Phi) is 14.7. The van der Waals surface area contributed by atoms with Crippen molar-refractivity contribution in [3.8, 4) is 0 Å². The van der Waals surface area contributed by atoms with Gasteiger partial charge in [-0.05, 0) is 139 Å². The van der Waals surface area contributed by atoms with Gasteiger partial charge in [-0.15, -0.1) is 0 Å². The van der Waals surface area contributed by atoms with Gasteiger partial charge in [-0.2, -0.15) is 0 Å². The fourth-order valence-corrected chi connectivity index (χ4v) is 10.0. The first-order valence-electron chi connectivity index (χ1n) is 29.2. The second-order valence-corrected chi connectivity index (χ2v) is 28.6. The van der Waals surface area contributed by atoms with E-state index in [1.54, 1.807) is 0 Å². The lowest BCUT2D eigenvalue weighted by molar-refractivity contribution is 0.591. The first-order chi connectivity index (χ1) is 39.4. The lowest BCUT2D eigenvalue weighted by atomic mass is 9.86. The van der Waals surface area contributed by atoms with Crippen molar-refractivity contribution >= 4 is 97.0 Å². The molecule has 0 aliphatic rings. The van der Waals surface area contributed by atoms with E-state index < -0.39 is 0 Å². The van der Waals surface area contributed by atoms with Crippen LogP contribution in [0, 0.1) is 109 Å². The van der Waals surface area contributed by atoms with Crippen molar-refractivity contribution in [3.63, 3.8) is 0 Å². The summed E-state index contributed by atoms with van der Waals surface area (Å²) in [5.41, 5.74) is 6.15. The molecule has 10 aromatic rings. The molecule has 0 unspecified atom stereocenters. The van der Waals surface area contributed by atoms with Crippen molar-refractivity contribution in [1.29, 1.82) is 0 Å². The molecule has 0 aliphatic carbocycles. The average molecular weight is 1080 g/mol. The van der Waals surface area contributed by atoms with Crippen molar-refractivity contribution in [3.05, 3.63) is 252 Å². The Morgan fingerprint density at radius 2 is 0.274 bits per heavy atom. The summed E-state index contributed by atoms with van der Waals surface area (Å²) in [5.74, 6) is 0. The van der Waals surface area contributed by atoms with Crippen LogP contribution in [-0.4, -0.2) is 0 Å². The Bertz CT molecular complexity index is 3780. The summed E-state index contributed by atoms with van der Waals surface area (Å²) in [6, 6.07) is 105. The predicted octanol–water partition coefficient (Wildman–Crippen LogP) is 21.3. The lowest BCUT2D eigenvalue weighted by Gasteiger charge is -2.18. The number of fused-ring (bicyclic) bond motifs is 12. The maximum absolute atomic E-state index is 3.74. The predicted molar refractivity (Wildman–Crippen MR) is 355 cm³/mol. The van der Waals surface area contributed by atoms with Gasteiger partial charge in [-0.3, -0.25) is 0 Å². The van der Waals surface area contributed by atoms with Crippen LogP contribution in [0.15, 0.2) is 109 Å². The molecule has 0 saturated heterocycles. The Labute approximate surface area is 503 Å². The summed E-state index contributed by atoms with van der Waals surface area (Å²) in [5, 5.41) is 13.3. The van der Waals surface area contributed by atoms with E-state index in [0.29, 0.717) is 32.3 Å². The van der Waals surface area contributed by atoms with E-state index in [4.69, 9.17) is 0 Å². The molecule has 0 N–H and O–H groups in total. The van der Waals surface area contributed by atoms with Crippen LogP contribution in [0.4, 0.5) is 0 Å². The topological polar surface area (TPSA) is 0 Å². The first kappa shape index (κ1) is 57.8. The summed E-state index contributed by atoms with van der Waals surface area (Å²) >= 11 is 0. The summed E-state index contributed by atoms with van der Waals surface area (Å²) in [4.78, 5) is 0. The fraction of sp³-hybridized carbons (Fsp3) is 0.286. The zero-order chi connectivity index (χ0) is 60.3. The molecule has 0 spiro atoms. The molecule has 0 nitrogen and oxygen atoms in total.